The molecule has 1 N–H and O–H groups in total. The standard InChI is InChI=1S/C16H15F3N2OS/c1-10(2)7-14(22)21-15-20-9-13(23-15)8-11-3-5-12(6-4-11)16(17,18)19/h3-7,9H,8H2,1-2H3,(H,20,21,22). The molecule has 7 heteroatoms. The zero-order valence-electron chi connectivity index (χ0n) is 12.6. The van der Waals surface area contributed by atoms with Crippen molar-refractivity contribution in [2.45, 2.75) is 26.4 Å². The fourth-order valence-electron chi connectivity index (χ4n) is 1.86. The summed E-state index contributed by atoms with van der Waals surface area (Å²) in [6.07, 6.45) is -0.781. The van der Waals surface area contributed by atoms with Gasteiger partial charge in [-0.05, 0) is 31.5 Å². The van der Waals surface area contributed by atoms with E-state index in [1.807, 2.05) is 13.8 Å². The van der Waals surface area contributed by atoms with E-state index in [4.69, 9.17) is 0 Å². The molecule has 2 aromatic rings. The van der Waals surface area contributed by atoms with Crippen molar-refractivity contribution in [2.24, 2.45) is 0 Å². The van der Waals surface area contributed by atoms with Gasteiger partial charge >= 0.3 is 6.18 Å². The maximum absolute atomic E-state index is 12.5. The van der Waals surface area contributed by atoms with Crippen molar-refractivity contribution in [3.05, 3.63) is 58.1 Å². The molecule has 0 fully saturated rings. The lowest BCUT2D eigenvalue weighted by Crippen LogP contribution is -2.07. The van der Waals surface area contributed by atoms with Crippen LogP contribution in [0.15, 0.2) is 42.1 Å². The predicted octanol–water partition coefficient (Wildman–Crippen LogP) is 4.66. The molecule has 0 radical (unpaired) electrons. The Morgan fingerprint density at radius 1 is 1.26 bits per heavy atom. The van der Waals surface area contributed by atoms with E-state index in [2.05, 4.69) is 10.3 Å². The summed E-state index contributed by atoms with van der Waals surface area (Å²) in [5, 5.41) is 3.12. The monoisotopic (exact) mass is 340 g/mol. The number of hydrogen-bond acceptors (Lipinski definition) is 3. The molecule has 122 valence electrons. The third-order valence-corrected chi connectivity index (χ3v) is 3.78. The van der Waals surface area contributed by atoms with E-state index in [1.165, 1.54) is 29.5 Å². The molecule has 0 spiro atoms. The largest absolute Gasteiger partial charge is 0.416 e. The number of anilines is 1. The molecule has 0 unspecified atom stereocenters. The second-order valence-electron chi connectivity index (χ2n) is 5.21. The van der Waals surface area contributed by atoms with Crippen LogP contribution in [0.25, 0.3) is 0 Å². The fourth-order valence-corrected chi connectivity index (χ4v) is 2.71. The van der Waals surface area contributed by atoms with Crippen LogP contribution in [0.2, 0.25) is 0 Å². The molecule has 0 atom stereocenters. The third-order valence-electron chi connectivity index (χ3n) is 2.86. The van der Waals surface area contributed by atoms with Crippen LogP contribution < -0.4 is 5.32 Å². The second kappa shape index (κ2) is 6.95. The van der Waals surface area contributed by atoms with Gasteiger partial charge in [-0.2, -0.15) is 13.2 Å². The van der Waals surface area contributed by atoms with Crippen molar-refractivity contribution in [2.75, 3.05) is 5.32 Å². The van der Waals surface area contributed by atoms with Crippen LogP contribution in [-0.4, -0.2) is 10.9 Å². The van der Waals surface area contributed by atoms with Crippen LogP contribution in [-0.2, 0) is 17.4 Å². The highest BCUT2D eigenvalue weighted by Crippen LogP contribution is 2.29. The molecule has 1 heterocycles. The molecule has 0 saturated heterocycles. The van der Waals surface area contributed by atoms with Crippen LogP contribution in [0.1, 0.15) is 29.9 Å². The van der Waals surface area contributed by atoms with Gasteiger partial charge in [0.1, 0.15) is 0 Å². The highest BCUT2D eigenvalue weighted by atomic mass is 32.1. The average molecular weight is 340 g/mol. The molecule has 1 amide bonds. The minimum atomic E-state index is -4.33. The molecular formula is C16H15F3N2OS. The van der Waals surface area contributed by atoms with Gasteiger partial charge in [0, 0.05) is 23.6 Å². The second-order valence-corrected chi connectivity index (χ2v) is 6.33. The number of carbonyl (C=O) groups is 1. The number of allylic oxidation sites excluding steroid dienone is 1. The van der Waals surface area contributed by atoms with Gasteiger partial charge in [0.05, 0.1) is 5.56 Å². The number of carbonyl (C=O) groups excluding carboxylic acids is 1. The number of hydrogen-bond donors (Lipinski definition) is 1. The summed E-state index contributed by atoms with van der Waals surface area (Å²) >= 11 is 1.30. The number of thiazole rings is 1. The number of rotatable bonds is 4. The molecule has 3 nitrogen and oxygen atoms in total. The maximum atomic E-state index is 12.5. The molecule has 0 aliphatic rings. The van der Waals surface area contributed by atoms with Gasteiger partial charge < -0.3 is 0 Å². The Morgan fingerprint density at radius 2 is 1.91 bits per heavy atom. The average Bonchev–Trinajstić information content (AvgIpc) is 2.84. The predicted molar refractivity (Wildman–Crippen MR) is 84.4 cm³/mol. The summed E-state index contributed by atoms with van der Waals surface area (Å²) in [5.74, 6) is -0.250. The Labute approximate surface area is 135 Å². The zero-order valence-corrected chi connectivity index (χ0v) is 13.4. The van der Waals surface area contributed by atoms with Crippen molar-refractivity contribution < 1.29 is 18.0 Å². The third kappa shape index (κ3) is 5.21. The normalized spacial score (nSPS) is 11.2. The van der Waals surface area contributed by atoms with Crippen LogP contribution in [0.3, 0.4) is 0 Å². The van der Waals surface area contributed by atoms with E-state index < -0.39 is 11.7 Å². The quantitative estimate of drug-likeness (QED) is 0.823. The lowest BCUT2D eigenvalue weighted by atomic mass is 10.1. The lowest BCUT2D eigenvalue weighted by molar-refractivity contribution is -0.137. The van der Waals surface area contributed by atoms with Crippen LogP contribution in [0.4, 0.5) is 18.3 Å². The van der Waals surface area contributed by atoms with Gasteiger partial charge in [0.25, 0.3) is 0 Å². The van der Waals surface area contributed by atoms with Crippen LogP contribution >= 0.6 is 11.3 Å². The van der Waals surface area contributed by atoms with E-state index in [0.29, 0.717) is 11.6 Å². The van der Waals surface area contributed by atoms with E-state index in [1.54, 1.807) is 6.20 Å². The van der Waals surface area contributed by atoms with E-state index >= 15 is 0 Å². The molecule has 0 bridgehead atoms. The Morgan fingerprint density at radius 3 is 2.48 bits per heavy atom. The summed E-state index contributed by atoms with van der Waals surface area (Å²) in [7, 11) is 0. The molecule has 1 aromatic carbocycles. The first-order valence-electron chi connectivity index (χ1n) is 6.81. The first kappa shape index (κ1) is 17.2. The Hall–Kier alpha value is -2.15. The summed E-state index contributed by atoms with van der Waals surface area (Å²) in [6.45, 7) is 3.63. The first-order valence-corrected chi connectivity index (χ1v) is 7.62. The lowest BCUT2D eigenvalue weighted by Gasteiger charge is -2.06. The number of amides is 1. The number of aromatic nitrogens is 1. The summed E-state index contributed by atoms with van der Waals surface area (Å²) in [6, 6.07) is 5.02. The van der Waals surface area contributed by atoms with Crippen molar-refractivity contribution in [3.8, 4) is 0 Å². The van der Waals surface area contributed by atoms with Gasteiger partial charge in [0.2, 0.25) is 5.91 Å². The summed E-state index contributed by atoms with van der Waals surface area (Å²) in [5.41, 5.74) is 0.966. The van der Waals surface area contributed by atoms with Gasteiger partial charge in [-0.15, -0.1) is 11.3 Å². The minimum Gasteiger partial charge on any atom is -0.298 e. The molecular weight excluding hydrogens is 325 g/mol. The minimum absolute atomic E-state index is 0.250. The Kier molecular flexibility index (Phi) is 5.20. The number of nitrogens with one attached hydrogen (secondary N) is 1. The van der Waals surface area contributed by atoms with Gasteiger partial charge in [-0.25, -0.2) is 4.98 Å². The van der Waals surface area contributed by atoms with Crippen molar-refractivity contribution >= 4 is 22.4 Å². The SMILES string of the molecule is CC(C)=CC(=O)Nc1ncc(Cc2ccc(C(F)(F)F)cc2)s1. The Balaban J connectivity index is 2.02. The maximum Gasteiger partial charge on any atom is 0.416 e. The summed E-state index contributed by atoms with van der Waals surface area (Å²) in [4.78, 5) is 16.5. The van der Waals surface area contributed by atoms with Crippen molar-refractivity contribution in [1.82, 2.24) is 4.98 Å². The number of halogens is 3. The first-order chi connectivity index (χ1) is 10.7. The van der Waals surface area contributed by atoms with Crippen molar-refractivity contribution in [3.63, 3.8) is 0 Å². The molecule has 0 aliphatic heterocycles. The van der Waals surface area contributed by atoms with Crippen molar-refractivity contribution in [1.29, 1.82) is 0 Å². The highest BCUT2D eigenvalue weighted by molar-refractivity contribution is 7.15. The number of alkyl halides is 3. The summed E-state index contributed by atoms with van der Waals surface area (Å²) < 4.78 is 37.5. The van der Waals surface area contributed by atoms with Crippen LogP contribution in [0, 0.1) is 0 Å². The zero-order chi connectivity index (χ0) is 17.0. The fraction of sp³-hybridized carbons (Fsp3) is 0.250. The molecule has 1 aromatic heterocycles. The van der Waals surface area contributed by atoms with Gasteiger partial charge in [-0.3, -0.25) is 10.1 Å². The Bertz CT molecular complexity index is 714. The topological polar surface area (TPSA) is 42.0 Å². The molecule has 2 rings (SSSR count). The highest BCUT2D eigenvalue weighted by Gasteiger charge is 2.29. The van der Waals surface area contributed by atoms with Crippen LogP contribution in [0.5, 0.6) is 0 Å². The molecule has 0 saturated carbocycles. The number of nitrogens with zero attached hydrogens (tertiary/aromatic N) is 1. The van der Waals surface area contributed by atoms with E-state index in [0.717, 1.165) is 28.1 Å². The number of benzene rings is 1. The van der Waals surface area contributed by atoms with E-state index in [9.17, 15) is 18.0 Å². The molecule has 23 heavy (non-hydrogen) atoms. The van der Waals surface area contributed by atoms with Gasteiger partial charge in [-0.1, -0.05) is 17.7 Å². The van der Waals surface area contributed by atoms with E-state index in [-0.39, 0.29) is 5.91 Å². The molecule has 0 aliphatic carbocycles. The smallest absolute Gasteiger partial charge is 0.298 e. The van der Waals surface area contributed by atoms with Gasteiger partial charge in [0.15, 0.2) is 5.13 Å².